The zero-order valence-corrected chi connectivity index (χ0v) is 11.4. The van der Waals surface area contributed by atoms with Crippen LogP contribution in [0.4, 0.5) is 5.69 Å². The average molecular weight is 265 g/mol. The first-order chi connectivity index (χ1) is 9.12. The summed E-state index contributed by atoms with van der Waals surface area (Å²) in [6.07, 6.45) is 0.691. The highest BCUT2D eigenvalue weighted by atomic mass is 16.5. The van der Waals surface area contributed by atoms with Gasteiger partial charge in [0.1, 0.15) is 0 Å². The van der Waals surface area contributed by atoms with E-state index in [4.69, 9.17) is 4.74 Å². The minimum atomic E-state index is -0.386. The predicted molar refractivity (Wildman–Crippen MR) is 72.1 cm³/mol. The van der Waals surface area contributed by atoms with E-state index >= 15 is 0 Å². The fourth-order valence-electron chi connectivity index (χ4n) is 1.68. The minimum Gasteiger partial charge on any atom is -0.469 e. The number of methoxy groups -OCH3 is 2. The molecule has 0 aliphatic rings. The van der Waals surface area contributed by atoms with Crippen LogP contribution in [-0.4, -0.2) is 32.7 Å². The summed E-state index contributed by atoms with van der Waals surface area (Å²) < 4.78 is 9.37. The molecule has 0 saturated heterocycles. The quantitative estimate of drug-likeness (QED) is 0.798. The maximum Gasteiger partial charge on any atom is 0.337 e. The molecule has 0 amide bonds. The first-order valence-electron chi connectivity index (χ1n) is 6.12. The van der Waals surface area contributed by atoms with Gasteiger partial charge in [-0.25, -0.2) is 4.79 Å². The average Bonchev–Trinajstić information content (AvgIpc) is 2.46. The van der Waals surface area contributed by atoms with Crippen LogP contribution >= 0.6 is 0 Å². The van der Waals surface area contributed by atoms with E-state index in [0.717, 1.165) is 5.69 Å². The lowest BCUT2D eigenvalue weighted by Gasteiger charge is -2.14. The SMILES string of the molecule is CCC(CNc1cccc(C(=O)OC)c1)C(=O)OC. The Morgan fingerprint density at radius 3 is 2.58 bits per heavy atom. The zero-order chi connectivity index (χ0) is 14.3. The number of carbonyl (C=O) groups is 2. The van der Waals surface area contributed by atoms with Gasteiger partial charge in [0, 0.05) is 12.2 Å². The molecule has 0 saturated carbocycles. The first kappa shape index (κ1) is 15.0. The molecule has 1 aromatic carbocycles. The highest BCUT2D eigenvalue weighted by Gasteiger charge is 2.16. The van der Waals surface area contributed by atoms with E-state index in [1.165, 1.54) is 14.2 Å². The molecule has 0 heterocycles. The summed E-state index contributed by atoms with van der Waals surface area (Å²) in [7, 11) is 2.72. The minimum absolute atomic E-state index is 0.202. The summed E-state index contributed by atoms with van der Waals surface area (Å²) in [5, 5.41) is 3.12. The van der Waals surface area contributed by atoms with E-state index in [9.17, 15) is 9.59 Å². The number of esters is 2. The highest BCUT2D eigenvalue weighted by molar-refractivity contribution is 5.90. The molecule has 5 heteroatoms. The van der Waals surface area contributed by atoms with E-state index in [-0.39, 0.29) is 17.9 Å². The van der Waals surface area contributed by atoms with Crippen molar-refractivity contribution in [2.75, 3.05) is 26.1 Å². The second-order valence-corrected chi connectivity index (χ2v) is 4.08. The number of ether oxygens (including phenoxy) is 2. The van der Waals surface area contributed by atoms with Gasteiger partial charge in [0.05, 0.1) is 25.7 Å². The van der Waals surface area contributed by atoms with Gasteiger partial charge in [-0.1, -0.05) is 13.0 Å². The Morgan fingerprint density at radius 2 is 2.00 bits per heavy atom. The number of carbonyl (C=O) groups excluding carboxylic acids is 2. The Balaban J connectivity index is 2.67. The van der Waals surface area contributed by atoms with Crippen molar-refractivity contribution in [3.05, 3.63) is 29.8 Å². The molecule has 0 bridgehead atoms. The highest BCUT2D eigenvalue weighted by Crippen LogP contribution is 2.13. The molecule has 1 atom stereocenters. The fraction of sp³-hybridized carbons (Fsp3) is 0.429. The molecular formula is C14H19NO4. The lowest BCUT2D eigenvalue weighted by molar-refractivity contribution is -0.145. The van der Waals surface area contributed by atoms with Gasteiger partial charge in [-0.3, -0.25) is 4.79 Å². The van der Waals surface area contributed by atoms with E-state index in [2.05, 4.69) is 10.1 Å². The number of hydrogen-bond acceptors (Lipinski definition) is 5. The van der Waals surface area contributed by atoms with E-state index in [1.807, 2.05) is 13.0 Å². The molecule has 0 fully saturated rings. The molecule has 1 N–H and O–H groups in total. The molecule has 0 aliphatic carbocycles. The third kappa shape index (κ3) is 4.28. The summed E-state index contributed by atoms with van der Waals surface area (Å²) in [6, 6.07) is 6.95. The number of rotatable bonds is 6. The van der Waals surface area contributed by atoms with Crippen molar-refractivity contribution in [2.45, 2.75) is 13.3 Å². The van der Waals surface area contributed by atoms with Crippen molar-refractivity contribution in [3.8, 4) is 0 Å². The Kier molecular flexibility index (Phi) is 5.85. The van der Waals surface area contributed by atoms with Crippen molar-refractivity contribution in [1.29, 1.82) is 0 Å². The summed E-state index contributed by atoms with van der Waals surface area (Å²) in [5.74, 6) is -0.824. The Morgan fingerprint density at radius 1 is 1.26 bits per heavy atom. The van der Waals surface area contributed by atoms with Crippen molar-refractivity contribution in [3.63, 3.8) is 0 Å². The smallest absolute Gasteiger partial charge is 0.337 e. The maximum absolute atomic E-state index is 11.4. The van der Waals surface area contributed by atoms with Gasteiger partial charge in [0.2, 0.25) is 0 Å². The number of anilines is 1. The second kappa shape index (κ2) is 7.41. The second-order valence-electron chi connectivity index (χ2n) is 4.08. The van der Waals surface area contributed by atoms with Crippen LogP contribution in [0.15, 0.2) is 24.3 Å². The summed E-state index contributed by atoms with van der Waals surface area (Å²) in [4.78, 5) is 22.8. The summed E-state index contributed by atoms with van der Waals surface area (Å²) in [6.45, 7) is 2.39. The predicted octanol–water partition coefficient (Wildman–Crippen LogP) is 2.08. The van der Waals surface area contributed by atoms with Crippen LogP contribution in [0.2, 0.25) is 0 Å². The molecule has 0 aromatic heterocycles. The van der Waals surface area contributed by atoms with Crippen LogP contribution in [0, 0.1) is 5.92 Å². The molecule has 104 valence electrons. The molecule has 0 aliphatic heterocycles. The third-order valence-electron chi connectivity index (χ3n) is 2.86. The lowest BCUT2D eigenvalue weighted by atomic mass is 10.1. The van der Waals surface area contributed by atoms with E-state index in [1.54, 1.807) is 18.2 Å². The monoisotopic (exact) mass is 265 g/mol. The summed E-state index contributed by atoms with van der Waals surface area (Å²) >= 11 is 0. The van der Waals surface area contributed by atoms with Crippen LogP contribution in [0.3, 0.4) is 0 Å². The van der Waals surface area contributed by atoms with Crippen LogP contribution in [0.5, 0.6) is 0 Å². The molecular weight excluding hydrogens is 246 g/mol. The van der Waals surface area contributed by atoms with Gasteiger partial charge in [0.15, 0.2) is 0 Å². The van der Waals surface area contributed by atoms with Gasteiger partial charge < -0.3 is 14.8 Å². The van der Waals surface area contributed by atoms with E-state index in [0.29, 0.717) is 18.5 Å². The van der Waals surface area contributed by atoms with Crippen molar-refractivity contribution in [2.24, 2.45) is 5.92 Å². The molecule has 0 spiro atoms. The van der Waals surface area contributed by atoms with Crippen LogP contribution in [0.25, 0.3) is 0 Å². The largest absolute Gasteiger partial charge is 0.469 e. The van der Waals surface area contributed by atoms with Crippen LogP contribution in [-0.2, 0) is 14.3 Å². The van der Waals surface area contributed by atoms with Gasteiger partial charge in [-0.15, -0.1) is 0 Å². The van der Waals surface area contributed by atoms with Gasteiger partial charge in [-0.05, 0) is 24.6 Å². The number of benzene rings is 1. The number of nitrogens with one attached hydrogen (secondary N) is 1. The Labute approximate surface area is 112 Å². The normalized spacial score (nSPS) is 11.5. The topological polar surface area (TPSA) is 64.6 Å². The third-order valence-corrected chi connectivity index (χ3v) is 2.86. The summed E-state index contributed by atoms with van der Waals surface area (Å²) in [5.41, 5.74) is 1.24. The van der Waals surface area contributed by atoms with Crippen molar-refractivity contribution < 1.29 is 19.1 Å². The van der Waals surface area contributed by atoms with Gasteiger partial charge in [-0.2, -0.15) is 0 Å². The molecule has 1 rings (SSSR count). The fourth-order valence-corrected chi connectivity index (χ4v) is 1.68. The standard InChI is InChI=1S/C14H19NO4/c1-4-10(13(16)18-2)9-15-12-7-5-6-11(8-12)14(17)19-3/h5-8,10,15H,4,9H2,1-3H3. The van der Waals surface area contributed by atoms with Gasteiger partial charge in [0.25, 0.3) is 0 Å². The van der Waals surface area contributed by atoms with Gasteiger partial charge >= 0.3 is 11.9 Å². The molecule has 19 heavy (non-hydrogen) atoms. The molecule has 1 aromatic rings. The first-order valence-corrected chi connectivity index (χ1v) is 6.12. The molecule has 5 nitrogen and oxygen atoms in total. The van der Waals surface area contributed by atoms with Crippen molar-refractivity contribution >= 4 is 17.6 Å². The molecule has 0 radical (unpaired) electrons. The van der Waals surface area contributed by atoms with E-state index < -0.39 is 0 Å². The maximum atomic E-state index is 11.4. The Bertz CT molecular complexity index is 445. The number of hydrogen-bond donors (Lipinski definition) is 1. The molecule has 1 unspecified atom stereocenters. The lowest BCUT2D eigenvalue weighted by Crippen LogP contribution is -2.23. The van der Waals surface area contributed by atoms with Crippen LogP contribution < -0.4 is 5.32 Å². The van der Waals surface area contributed by atoms with Crippen molar-refractivity contribution in [1.82, 2.24) is 0 Å². The Hall–Kier alpha value is -2.04. The zero-order valence-electron chi connectivity index (χ0n) is 11.4. The van der Waals surface area contributed by atoms with Crippen LogP contribution in [0.1, 0.15) is 23.7 Å².